The van der Waals surface area contributed by atoms with Crippen LogP contribution in [0.3, 0.4) is 0 Å². The lowest BCUT2D eigenvalue weighted by Gasteiger charge is -2.58. The van der Waals surface area contributed by atoms with Gasteiger partial charge in [0.2, 0.25) is 0 Å². The third-order valence-electron chi connectivity index (χ3n) is 19.5. The Morgan fingerprint density at radius 2 is 1.25 bits per heavy atom. The van der Waals surface area contributed by atoms with Crippen LogP contribution in [0.25, 0.3) is 0 Å². The fraction of sp³-hybridized carbons (Fsp3) is 0.961. The zero-order chi connectivity index (χ0) is 52.6. The van der Waals surface area contributed by atoms with Gasteiger partial charge >= 0.3 is 0 Å². The largest absolute Gasteiger partial charge is 0.394 e. The van der Waals surface area contributed by atoms with Crippen molar-refractivity contribution in [2.24, 2.45) is 46.3 Å². The van der Waals surface area contributed by atoms with E-state index in [-0.39, 0.29) is 41.3 Å². The van der Waals surface area contributed by atoms with Crippen LogP contribution < -0.4 is 0 Å². The molecule has 5 heterocycles. The van der Waals surface area contributed by atoms with Crippen molar-refractivity contribution in [1.82, 2.24) is 0 Å². The zero-order valence-corrected chi connectivity index (χ0v) is 42.8. The number of methoxy groups -OCH3 is 1. The lowest BCUT2D eigenvalue weighted by atomic mass is 9.47. The van der Waals surface area contributed by atoms with Gasteiger partial charge in [0.15, 0.2) is 30.9 Å². The van der Waals surface area contributed by atoms with Gasteiger partial charge in [0.05, 0.1) is 44.7 Å². The molecule has 0 bridgehead atoms. The van der Waals surface area contributed by atoms with Crippen molar-refractivity contribution in [2.75, 3.05) is 33.5 Å². The van der Waals surface area contributed by atoms with Gasteiger partial charge in [-0.1, -0.05) is 39.3 Å². The fourth-order valence-electron chi connectivity index (χ4n) is 15.1. The molecule has 0 aromatic heterocycles. The Morgan fingerprint density at radius 3 is 1.93 bits per heavy atom. The Hall–Kier alpha value is -1.14. The van der Waals surface area contributed by atoms with E-state index in [4.69, 9.17) is 47.4 Å². The number of aliphatic hydroxyl groups excluding tert-OH is 12. The lowest BCUT2D eigenvalue weighted by Crippen LogP contribution is -2.65. The van der Waals surface area contributed by atoms with E-state index in [9.17, 15) is 61.3 Å². The molecule has 0 amide bonds. The molecular formula is C51H84O22. The van der Waals surface area contributed by atoms with Gasteiger partial charge in [-0.25, -0.2) is 0 Å². The van der Waals surface area contributed by atoms with Crippen molar-refractivity contribution >= 4 is 0 Å². The van der Waals surface area contributed by atoms with E-state index in [1.165, 1.54) is 12.5 Å². The Balaban J connectivity index is 0.841. The normalized spacial score (nSPS) is 54.3. The number of ether oxygens (including phenoxy) is 10. The molecule has 9 rings (SSSR count). The maximum Gasteiger partial charge on any atom is 0.187 e. The second-order valence-electron chi connectivity index (χ2n) is 23.5. The van der Waals surface area contributed by atoms with Crippen molar-refractivity contribution in [3.05, 3.63) is 11.6 Å². The molecule has 0 aromatic rings. The van der Waals surface area contributed by atoms with Crippen LogP contribution in [-0.2, 0) is 47.4 Å². The highest BCUT2D eigenvalue weighted by Gasteiger charge is 2.68. The summed E-state index contributed by atoms with van der Waals surface area (Å²) in [6, 6.07) is 0. The average molecular weight is 1050 g/mol. The van der Waals surface area contributed by atoms with Crippen molar-refractivity contribution in [3.63, 3.8) is 0 Å². The molecule has 420 valence electrons. The van der Waals surface area contributed by atoms with Gasteiger partial charge in [0, 0.05) is 19.4 Å². The average Bonchev–Trinajstić information content (AvgIpc) is 3.95. The van der Waals surface area contributed by atoms with E-state index in [1.807, 2.05) is 6.92 Å². The molecule has 22 heteroatoms. The quantitative estimate of drug-likeness (QED) is 0.0766. The van der Waals surface area contributed by atoms with E-state index in [1.54, 1.807) is 7.11 Å². The van der Waals surface area contributed by atoms with E-state index >= 15 is 0 Å². The molecule has 9 aliphatic rings. The molecule has 5 saturated heterocycles. The molecule has 4 aliphatic carbocycles. The molecule has 3 saturated carbocycles. The molecule has 22 nitrogen and oxygen atoms in total. The first-order valence-electron chi connectivity index (χ1n) is 26.7. The molecule has 12 N–H and O–H groups in total. The van der Waals surface area contributed by atoms with Gasteiger partial charge in [-0.15, -0.1) is 0 Å². The van der Waals surface area contributed by atoms with Crippen molar-refractivity contribution in [2.45, 2.75) is 227 Å². The van der Waals surface area contributed by atoms with E-state index in [2.05, 4.69) is 26.8 Å². The number of fused-ring (bicyclic) bond motifs is 7. The third kappa shape index (κ3) is 10.0. The summed E-state index contributed by atoms with van der Waals surface area (Å²) in [4.78, 5) is 0. The minimum Gasteiger partial charge on any atom is -0.394 e. The van der Waals surface area contributed by atoms with Crippen LogP contribution in [0.4, 0.5) is 0 Å². The molecule has 0 spiro atoms. The Labute approximate surface area is 426 Å². The van der Waals surface area contributed by atoms with Crippen LogP contribution in [0, 0.1) is 46.3 Å². The standard InChI is InChI=1S/C51H84O22/c1-21(20-65-45-40(61)38(59)35(56)30(17-52)68-45)9-14-51(64-6)22(2)33-29(73-51)16-28-26-8-7-24-15-25(10-12-49(24,4)27(26)11-13-50(28,33)5)67-48-42(63)44(72-46-41(62)37(58)34(55)23(3)66-46)43(32(19-54)70-48)71-47-39(60)36(57)31(18-53)69-47/h7,21-23,25-48,52-63H,8-20H2,1-6H3/t21-,22-,23-,25-,26-,27+,28+,29-,30-,31-,32-,33+,34-,35-,36-,37-,38-,39-,40-,41-,42-,43-,44+,45+,46-,47-,48+,49+,50-,51+/m1/s1. The predicted molar refractivity (Wildman–Crippen MR) is 249 cm³/mol. The second kappa shape index (κ2) is 22.2. The van der Waals surface area contributed by atoms with E-state index in [0.29, 0.717) is 43.4 Å². The molecule has 30 atom stereocenters. The summed E-state index contributed by atoms with van der Waals surface area (Å²) in [5, 5.41) is 126. The number of rotatable bonds is 16. The molecule has 0 radical (unpaired) electrons. The summed E-state index contributed by atoms with van der Waals surface area (Å²) < 4.78 is 61.1. The third-order valence-corrected chi connectivity index (χ3v) is 19.5. The lowest BCUT2D eigenvalue weighted by molar-refractivity contribution is -0.376. The molecule has 73 heavy (non-hydrogen) atoms. The Kier molecular flexibility index (Phi) is 17.2. The SMILES string of the molecule is CO[C@@]1(CC[C@@H](C)CO[C@H]2O[C@H](CO)[C@@H](O)[C@@H](O)[C@H]2O)O[C@@H]2C[C@H]3[C@@H]4CC=C5C[C@H](O[C@H]6O[C@H](CO)[C@@H](O[C@H]7O[C@H](CO)[C@@H](O)[C@H]7O)[C@@H](O[C@H]7O[C@H](C)[C@@H](O)[C@@H](O)[C@H]7O)[C@H]6O)CC[C@]5(C)[C@H]4CC[C@@]3(C)[C@H]2[C@H]1C. The van der Waals surface area contributed by atoms with Gasteiger partial charge in [0.1, 0.15) is 85.5 Å². The first kappa shape index (κ1) is 56.6. The molecule has 5 aliphatic heterocycles. The summed E-state index contributed by atoms with van der Waals surface area (Å²) in [7, 11) is 1.72. The summed E-state index contributed by atoms with van der Waals surface area (Å²) in [6.45, 7) is 8.97. The van der Waals surface area contributed by atoms with Crippen LogP contribution in [0.15, 0.2) is 11.6 Å². The maximum absolute atomic E-state index is 12.0. The number of allylic oxidation sites excluding steroid dienone is 1. The highest BCUT2D eigenvalue weighted by Crippen LogP contribution is 2.70. The van der Waals surface area contributed by atoms with Gasteiger partial charge in [-0.2, -0.15) is 0 Å². The van der Waals surface area contributed by atoms with Gasteiger partial charge in [-0.3, -0.25) is 0 Å². The monoisotopic (exact) mass is 1050 g/mol. The topological polar surface area (TPSA) is 335 Å². The van der Waals surface area contributed by atoms with Gasteiger partial charge in [-0.05, 0) is 98.7 Å². The number of hydrogen-bond acceptors (Lipinski definition) is 22. The highest BCUT2D eigenvalue weighted by atomic mass is 16.8. The first-order chi connectivity index (χ1) is 34.6. The van der Waals surface area contributed by atoms with Crippen LogP contribution in [0.5, 0.6) is 0 Å². The minimum atomic E-state index is -1.76. The van der Waals surface area contributed by atoms with Crippen molar-refractivity contribution in [1.29, 1.82) is 0 Å². The maximum atomic E-state index is 12.0. The highest BCUT2D eigenvalue weighted by molar-refractivity contribution is 5.26. The summed E-state index contributed by atoms with van der Waals surface area (Å²) in [6.07, 6.45) is -17.9. The van der Waals surface area contributed by atoms with Crippen LogP contribution in [0.1, 0.15) is 92.4 Å². The van der Waals surface area contributed by atoms with E-state index < -0.39 is 148 Å². The van der Waals surface area contributed by atoms with E-state index in [0.717, 1.165) is 32.1 Å². The summed E-state index contributed by atoms with van der Waals surface area (Å²) in [5.74, 6) is 0.933. The first-order valence-corrected chi connectivity index (χ1v) is 26.7. The zero-order valence-electron chi connectivity index (χ0n) is 42.8. The Morgan fingerprint density at radius 1 is 0.658 bits per heavy atom. The molecular weight excluding hydrogens is 965 g/mol. The second-order valence-corrected chi connectivity index (χ2v) is 23.5. The Bertz CT molecular complexity index is 1880. The fourth-order valence-corrected chi connectivity index (χ4v) is 15.1. The van der Waals surface area contributed by atoms with Crippen molar-refractivity contribution in [3.8, 4) is 0 Å². The number of aliphatic hydroxyl groups is 12. The molecule has 8 fully saturated rings. The van der Waals surface area contributed by atoms with Crippen LogP contribution >= 0.6 is 0 Å². The van der Waals surface area contributed by atoms with Gasteiger partial charge < -0.3 is 109 Å². The van der Waals surface area contributed by atoms with Gasteiger partial charge in [0.25, 0.3) is 0 Å². The predicted octanol–water partition coefficient (Wildman–Crippen LogP) is -1.71. The molecule has 0 unspecified atom stereocenters. The smallest absolute Gasteiger partial charge is 0.187 e. The van der Waals surface area contributed by atoms with Crippen LogP contribution in [0.2, 0.25) is 0 Å². The van der Waals surface area contributed by atoms with Crippen molar-refractivity contribution < 1.29 is 109 Å². The minimum absolute atomic E-state index is 0.00783. The summed E-state index contributed by atoms with van der Waals surface area (Å²) in [5.41, 5.74) is 1.22. The molecule has 0 aromatic carbocycles. The number of hydrogen-bond donors (Lipinski definition) is 12. The summed E-state index contributed by atoms with van der Waals surface area (Å²) >= 11 is 0. The van der Waals surface area contributed by atoms with Crippen LogP contribution in [-0.4, -0.2) is 230 Å².